The van der Waals surface area contributed by atoms with Gasteiger partial charge in [-0.2, -0.15) is 0 Å². The van der Waals surface area contributed by atoms with E-state index in [1.807, 2.05) is 42.0 Å². The molecular formula is C20H27N3O2. The topological polar surface area (TPSA) is 53.5 Å². The Balaban J connectivity index is 1.65. The lowest BCUT2D eigenvalue weighted by Gasteiger charge is -2.46. The molecule has 1 spiro atoms. The van der Waals surface area contributed by atoms with E-state index in [-0.39, 0.29) is 17.2 Å². The summed E-state index contributed by atoms with van der Waals surface area (Å²) in [4.78, 5) is 33.4. The molecule has 1 aromatic rings. The highest BCUT2D eigenvalue weighted by Crippen LogP contribution is 2.41. The van der Waals surface area contributed by atoms with Gasteiger partial charge in [0.1, 0.15) is 0 Å². The number of hydrogen-bond donors (Lipinski definition) is 0. The summed E-state index contributed by atoms with van der Waals surface area (Å²) < 4.78 is 0. The lowest BCUT2D eigenvalue weighted by atomic mass is 9.71. The number of likely N-dealkylation sites (tertiary alicyclic amines) is 2. The third kappa shape index (κ3) is 3.91. The van der Waals surface area contributed by atoms with E-state index in [9.17, 15) is 9.59 Å². The second-order valence-electron chi connectivity index (χ2n) is 7.52. The monoisotopic (exact) mass is 341 g/mol. The van der Waals surface area contributed by atoms with E-state index in [1.54, 1.807) is 12.3 Å². The van der Waals surface area contributed by atoms with Crippen molar-refractivity contribution in [1.29, 1.82) is 0 Å². The molecular weight excluding hydrogens is 314 g/mol. The molecule has 134 valence electrons. The summed E-state index contributed by atoms with van der Waals surface area (Å²) in [5.41, 5.74) is 1.81. The third-order valence-electron chi connectivity index (χ3n) is 5.36. The Morgan fingerprint density at radius 2 is 2.00 bits per heavy atom. The van der Waals surface area contributed by atoms with Crippen LogP contribution in [0.3, 0.4) is 0 Å². The predicted octanol–water partition coefficient (Wildman–Crippen LogP) is 2.78. The van der Waals surface area contributed by atoms with Crippen LogP contribution in [0.15, 0.2) is 36.2 Å². The van der Waals surface area contributed by atoms with Gasteiger partial charge in [-0.3, -0.25) is 14.6 Å². The number of carbonyl (C=O) groups excluding carboxylic acids is 2. The third-order valence-corrected chi connectivity index (χ3v) is 5.36. The van der Waals surface area contributed by atoms with Crippen molar-refractivity contribution in [2.45, 2.75) is 46.1 Å². The van der Waals surface area contributed by atoms with Gasteiger partial charge in [0.25, 0.3) is 0 Å². The van der Waals surface area contributed by atoms with Gasteiger partial charge in [0.05, 0.1) is 5.41 Å². The Morgan fingerprint density at radius 3 is 2.64 bits per heavy atom. The van der Waals surface area contributed by atoms with E-state index < -0.39 is 0 Å². The van der Waals surface area contributed by atoms with Crippen LogP contribution in [-0.4, -0.2) is 46.2 Å². The lowest BCUT2D eigenvalue weighted by Crippen LogP contribution is -2.53. The standard InChI is InChI=1S/C20H27N3O2/c1-16(2)13-18(24)22-11-7-20(8-12-22)6-4-10-23(19(20)25)15-17-5-3-9-21-14-17/h3,5,9,13-14H,4,6-8,10-12,15H2,1-2H3. The molecule has 0 unspecified atom stereocenters. The van der Waals surface area contributed by atoms with E-state index in [0.29, 0.717) is 19.6 Å². The van der Waals surface area contributed by atoms with Crippen LogP contribution in [0.4, 0.5) is 0 Å². The lowest BCUT2D eigenvalue weighted by molar-refractivity contribution is -0.152. The fourth-order valence-electron chi connectivity index (χ4n) is 3.97. The first-order chi connectivity index (χ1) is 12.0. The number of carbonyl (C=O) groups is 2. The largest absolute Gasteiger partial charge is 0.339 e. The average Bonchev–Trinajstić information content (AvgIpc) is 2.60. The number of aromatic nitrogens is 1. The molecule has 2 saturated heterocycles. The summed E-state index contributed by atoms with van der Waals surface area (Å²) in [5, 5.41) is 0. The molecule has 0 atom stereocenters. The van der Waals surface area contributed by atoms with Crippen molar-refractivity contribution < 1.29 is 9.59 Å². The Labute approximate surface area is 149 Å². The minimum absolute atomic E-state index is 0.0744. The van der Waals surface area contributed by atoms with Crippen LogP contribution in [0, 0.1) is 5.41 Å². The van der Waals surface area contributed by atoms with E-state index >= 15 is 0 Å². The fourth-order valence-corrected chi connectivity index (χ4v) is 3.97. The Bertz CT molecular complexity index is 657. The first-order valence-corrected chi connectivity index (χ1v) is 9.12. The van der Waals surface area contributed by atoms with Gasteiger partial charge in [0.2, 0.25) is 11.8 Å². The maximum Gasteiger partial charge on any atom is 0.246 e. The molecule has 5 heteroatoms. The number of hydrogen-bond acceptors (Lipinski definition) is 3. The van der Waals surface area contributed by atoms with Crippen molar-refractivity contribution in [1.82, 2.24) is 14.8 Å². The highest BCUT2D eigenvalue weighted by Gasteiger charge is 2.45. The normalized spacial score (nSPS) is 19.8. The number of amides is 2. The molecule has 0 aliphatic carbocycles. The van der Waals surface area contributed by atoms with Gasteiger partial charge in [-0.25, -0.2) is 0 Å². The summed E-state index contributed by atoms with van der Waals surface area (Å²) in [6, 6.07) is 3.93. The first kappa shape index (κ1) is 17.6. The van der Waals surface area contributed by atoms with Gasteiger partial charge in [-0.15, -0.1) is 0 Å². The van der Waals surface area contributed by atoms with Gasteiger partial charge in [-0.1, -0.05) is 11.6 Å². The van der Waals surface area contributed by atoms with Crippen molar-refractivity contribution in [3.8, 4) is 0 Å². The maximum atomic E-state index is 13.2. The summed E-state index contributed by atoms with van der Waals surface area (Å²) in [7, 11) is 0. The van der Waals surface area contributed by atoms with Gasteiger partial charge >= 0.3 is 0 Å². The van der Waals surface area contributed by atoms with Crippen LogP contribution in [0.1, 0.15) is 45.1 Å². The van der Waals surface area contributed by atoms with Crippen molar-refractivity contribution in [2.24, 2.45) is 5.41 Å². The van der Waals surface area contributed by atoms with Crippen molar-refractivity contribution in [2.75, 3.05) is 19.6 Å². The molecule has 0 bridgehead atoms. The highest BCUT2D eigenvalue weighted by atomic mass is 16.2. The number of nitrogens with zero attached hydrogens (tertiary/aromatic N) is 3. The molecule has 0 aromatic carbocycles. The maximum absolute atomic E-state index is 13.2. The van der Waals surface area contributed by atoms with E-state index in [0.717, 1.165) is 43.4 Å². The zero-order valence-corrected chi connectivity index (χ0v) is 15.2. The van der Waals surface area contributed by atoms with Crippen LogP contribution in [-0.2, 0) is 16.1 Å². The van der Waals surface area contributed by atoms with Gasteiger partial charge in [0.15, 0.2) is 0 Å². The first-order valence-electron chi connectivity index (χ1n) is 9.12. The molecule has 2 aliphatic rings. The van der Waals surface area contributed by atoms with Crippen LogP contribution >= 0.6 is 0 Å². The van der Waals surface area contributed by atoms with Crippen LogP contribution in [0.2, 0.25) is 0 Å². The van der Waals surface area contributed by atoms with Crippen molar-refractivity contribution in [3.63, 3.8) is 0 Å². The zero-order valence-electron chi connectivity index (χ0n) is 15.2. The number of pyridine rings is 1. The van der Waals surface area contributed by atoms with Crippen molar-refractivity contribution in [3.05, 3.63) is 41.7 Å². The Hall–Kier alpha value is -2.17. The van der Waals surface area contributed by atoms with Gasteiger partial charge in [0, 0.05) is 44.6 Å². The van der Waals surface area contributed by atoms with E-state index in [2.05, 4.69) is 4.98 Å². The molecule has 0 N–H and O–H groups in total. The zero-order chi connectivity index (χ0) is 17.9. The predicted molar refractivity (Wildman–Crippen MR) is 96.6 cm³/mol. The molecule has 0 radical (unpaired) electrons. The second kappa shape index (κ2) is 7.38. The van der Waals surface area contributed by atoms with Crippen LogP contribution in [0.5, 0.6) is 0 Å². The second-order valence-corrected chi connectivity index (χ2v) is 7.52. The number of rotatable bonds is 3. The SMILES string of the molecule is CC(C)=CC(=O)N1CCC2(CCCN(Cc3cccnc3)C2=O)CC1. The highest BCUT2D eigenvalue weighted by molar-refractivity contribution is 5.89. The Kier molecular flexibility index (Phi) is 5.21. The molecule has 3 rings (SSSR count). The minimum atomic E-state index is -0.276. The summed E-state index contributed by atoms with van der Waals surface area (Å²) in [5.74, 6) is 0.335. The van der Waals surface area contributed by atoms with E-state index in [4.69, 9.17) is 0 Å². The molecule has 2 amide bonds. The quantitative estimate of drug-likeness (QED) is 0.795. The van der Waals surface area contributed by atoms with Crippen LogP contribution in [0.25, 0.3) is 0 Å². The van der Waals surface area contributed by atoms with Gasteiger partial charge in [-0.05, 0) is 51.2 Å². The summed E-state index contributed by atoms with van der Waals surface area (Å²) in [6.07, 6.45) is 8.80. The molecule has 1 aromatic heterocycles. The molecule has 25 heavy (non-hydrogen) atoms. The number of allylic oxidation sites excluding steroid dienone is 1. The van der Waals surface area contributed by atoms with Crippen molar-refractivity contribution >= 4 is 11.8 Å². The molecule has 5 nitrogen and oxygen atoms in total. The smallest absolute Gasteiger partial charge is 0.246 e. The molecule has 0 saturated carbocycles. The minimum Gasteiger partial charge on any atom is -0.339 e. The summed E-state index contributed by atoms with van der Waals surface area (Å²) >= 11 is 0. The van der Waals surface area contributed by atoms with Crippen LogP contribution < -0.4 is 0 Å². The number of piperidine rings is 2. The molecule has 2 fully saturated rings. The average molecular weight is 341 g/mol. The fraction of sp³-hybridized carbons (Fsp3) is 0.550. The molecule has 2 aliphatic heterocycles. The Morgan fingerprint density at radius 1 is 1.24 bits per heavy atom. The van der Waals surface area contributed by atoms with E-state index in [1.165, 1.54) is 0 Å². The summed E-state index contributed by atoms with van der Waals surface area (Å²) in [6.45, 7) is 6.67. The molecule has 3 heterocycles. The van der Waals surface area contributed by atoms with Gasteiger partial charge < -0.3 is 9.80 Å².